The highest BCUT2D eigenvalue weighted by molar-refractivity contribution is 5.92. The molecule has 7 nitrogen and oxygen atoms in total. The maximum atomic E-state index is 11.7. The van der Waals surface area contributed by atoms with Gasteiger partial charge in [-0.15, -0.1) is 0 Å². The number of fused-ring (bicyclic) bond motifs is 2. The van der Waals surface area contributed by atoms with E-state index >= 15 is 0 Å². The van der Waals surface area contributed by atoms with Crippen LogP contribution in [-0.4, -0.2) is 31.8 Å². The summed E-state index contributed by atoms with van der Waals surface area (Å²) in [6.07, 6.45) is 1.09. The third-order valence-electron chi connectivity index (χ3n) is 3.78. The van der Waals surface area contributed by atoms with Gasteiger partial charge in [-0.3, -0.25) is 4.57 Å². The number of hydrogen-bond acceptors (Lipinski definition) is 4. The van der Waals surface area contributed by atoms with Crippen LogP contribution in [-0.2, 0) is 18.3 Å². The van der Waals surface area contributed by atoms with Gasteiger partial charge in [-0.2, -0.15) is 0 Å². The Kier molecular flexibility index (Phi) is 3.66. The lowest BCUT2D eigenvalue weighted by molar-refractivity contribution is 0.0751. The minimum Gasteiger partial charge on any atom is -0.379 e. The maximum absolute atomic E-state index is 11.7. The third-order valence-corrected chi connectivity index (χ3v) is 3.78. The summed E-state index contributed by atoms with van der Waals surface area (Å²) < 4.78 is 9.12. The van der Waals surface area contributed by atoms with Crippen LogP contribution in [0, 0.1) is 0 Å². The van der Waals surface area contributed by atoms with Gasteiger partial charge in [-0.25, -0.2) is 9.78 Å². The summed E-state index contributed by atoms with van der Waals surface area (Å²) in [7, 11) is 1.74. The second-order valence-electron chi connectivity index (χ2n) is 5.74. The zero-order valence-electron chi connectivity index (χ0n) is 13.1. The molecule has 7 heteroatoms. The molecular formula is C15H21N5O2. The minimum atomic E-state index is -0.132. The van der Waals surface area contributed by atoms with Crippen molar-refractivity contribution in [1.29, 1.82) is 0 Å². The largest absolute Gasteiger partial charge is 0.379 e. The molecule has 0 saturated carbocycles. The second-order valence-corrected chi connectivity index (χ2v) is 5.74. The van der Waals surface area contributed by atoms with Gasteiger partial charge < -0.3 is 20.0 Å². The highest BCUT2D eigenvalue weighted by atomic mass is 16.5. The Hall–Kier alpha value is -2.28. The number of aromatic amines is 1. The quantitative estimate of drug-likeness (QED) is 0.701. The van der Waals surface area contributed by atoms with Crippen molar-refractivity contribution >= 4 is 28.0 Å². The lowest BCUT2D eigenvalue weighted by atomic mass is 10.2. The Morgan fingerprint density at radius 2 is 2.14 bits per heavy atom. The second kappa shape index (κ2) is 5.49. The van der Waals surface area contributed by atoms with Crippen molar-refractivity contribution in [3.8, 4) is 0 Å². The monoisotopic (exact) mass is 303 g/mol. The molecule has 0 spiro atoms. The van der Waals surface area contributed by atoms with E-state index in [0.717, 1.165) is 35.0 Å². The van der Waals surface area contributed by atoms with Gasteiger partial charge in [-0.05, 0) is 32.4 Å². The van der Waals surface area contributed by atoms with Crippen LogP contribution in [0.25, 0.3) is 22.1 Å². The van der Waals surface area contributed by atoms with Gasteiger partial charge in [0.15, 0.2) is 0 Å². The summed E-state index contributed by atoms with van der Waals surface area (Å²) >= 11 is 0. The molecule has 0 amide bonds. The Bertz CT molecular complexity index is 871. The van der Waals surface area contributed by atoms with E-state index in [-0.39, 0.29) is 11.8 Å². The highest BCUT2D eigenvalue weighted by Gasteiger charge is 2.12. The first kappa shape index (κ1) is 14.6. The van der Waals surface area contributed by atoms with Gasteiger partial charge in [0.2, 0.25) is 5.95 Å². The van der Waals surface area contributed by atoms with Gasteiger partial charge in [0.05, 0.1) is 28.2 Å². The van der Waals surface area contributed by atoms with E-state index in [1.165, 1.54) is 0 Å². The topological polar surface area (TPSA) is 90.9 Å². The van der Waals surface area contributed by atoms with Crippen LogP contribution in [0.2, 0.25) is 0 Å². The average molecular weight is 303 g/mol. The van der Waals surface area contributed by atoms with E-state index in [1.54, 1.807) is 11.6 Å². The summed E-state index contributed by atoms with van der Waals surface area (Å²) in [5.41, 5.74) is 9.23. The van der Waals surface area contributed by atoms with E-state index in [1.807, 2.05) is 30.5 Å². The molecule has 0 aliphatic heterocycles. The molecule has 0 radical (unpaired) electrons. The number of nitrogens with two attached hydrogens (primary N) is 1. The number of nitrogens with zero attached hydrogens (tertiary/aromatic N) is 3. The molecule has 0 aliphatic carbocycles. The number of rotatable bonds is 5. The molecule has 0 aliphatic rings. The molecule has 3 N–H and O–H groups in total. The molecule has 118 valence electrons. The average Bonchev–Trinajstić information content (AvgIpc) is 2.90. The molecular weight excluding hydrogens is 282 g/mol. The molecule has 0 fully saturated rings. The maximum Gasteiger partial charge on any atom is 0.326 e. The number of benzene rings is 1. The summed E-state index contributed by atoms with van der Waals surface area (Å²) in [5, 5.41) is 0. The van der Waals surface area contributed by atoms with Crippen LogP contribution in [0.3, 0.4) is 0 Å². The lowest BCUT2D eigenvalue weighted by Crippen LogP contribution is -2.11. The van der Waals surface area contributed by atoms with E-state index in [4.69, 9.17) is 10.5 Å². The molecule has 22 heavy (non-hydrogen) atoms. The van der Waals surface area contributed by atoms with Crippen molar-refractivity contribution in [3.05, 3.63) is 22.6 Å². The predicted molar refractivity (Wildman–Crippen MR) is 86.9 cm³/mol. The number of nitrogens with one attached hydrogen (secondary N) is 1. The molecule has 2 aromatic heterocycles. The Balaban J connectivity index is 1.97. The zero-order valence-corrected chi connectivity index (χ0v) is 13.1. The summed E-state index contributed by atoms with van der Waals surface area (Å²) in [4.78, 5) is 18.9. The molecule has 0 atom stereocenters. The van der Waals surface area contributed by atoms with Crippen molar-refractivity contribution in [3.63, 3.8) is 0 Å². The van der Waals surface area contributed by atoms with Crippen LogP contribution in [0.15, 0.2) is 16.9 Å². The normalized spacial score (nSPS) is 12.0. The number of ether oxygens (including phenoxy) is 1. The fraction of sp³-hybridized carbons (Fsp3) is 0.467. The molecule has 0 unspecified atom stereocenters. The first-order chi connectivity index (χ1) is 10.5. The van der Waals surface area contributed by atoms with Gasteiger partial charge >= 0.3 is 5.69 Å². The first-order valence-electron chi connectivity index (χ1n) is 7.43. The Morgan fingerprint density at radius 3 is 2.86 bits per heavy atom. The number of H-pyrrole nitrogens is 1. The number of anilines is 1. The number of hydrogen-bond donors (Lipinski definition) is 2. The van der Waals surface area contributed by atoms with Crippen LogP contribution in [0.4, 0.5) is 5.95 Å². The van der Waals surface area contributed by atoms with E-state index < -0.39 is 0 Å². The molecule has 3 aromatic rings. The SMILES string of the molecule is CC(C)OCCCn1c(N)nc2cc3[nH]c(=O)n(C)c3cc21. The third kappa shape index (κ3) is 2.48. The van der Waals surface area contributed by atoms with Crippen LogP contribution < -0.4 is 11.4 Å². The van der Waals surface area contributed by atoms with E-state index in [2.05, 4.69) is 9.97 Å². The molecule has 0 bridgehead atoms. The van der Waals surface area contributed by atoms with Gasteiger partial charge in [0.25, 0.3) is 0 Å². The van der Waals surface area contributed by atoms with Crippen LogP contribution in [0.1, 0.15) is 20.3 Å². The smallest absolute Gasteiger partial charge is 0.326 e. The predicted octanol–water partition coefficient (Wildman–Crippen LogP) is 1.61. The van der Waals surface area contributed by atoms with E-state index in [0.29, 0.717) is 12.6 Å². The van der Waals surface area contributed by atoms with Crippen LogP contribution in [0.5, 0.6) is 0 Å². The van der Waals surface area contributed by atoms with Crippen LogP contribution >= 0.6 is 0 Å². The Labute approximate surface area is 127 Å². The van der Waals surface area contributed by atoms with Crippen molar-refractivity contribution < 1.29 is 4.74 Å². The number of imidazole rings is 2. The lowest BCUT2D eigenvalue weighted by Gasteiger charge is -2.09. The standard InChI is InChI=1S/C15H21N5O2/c1-9(2)22-6-4-5-20-13-8-12-10(18-15(21)19(12)3)7-11(13)17-14(20)16/h7-9H,4-6H2,1-3H3,(H2,16,17)(H,18,21). The summed E-state index contributed by atoms with van der Waals surface area (Å²) in [5.74, 6) is 0.484. The van der Waals surface area contributed by atoms with Crippen molar-refractivity contribution in [2.24, 2.45) is 7.05 Å². The Morgan fingerprint density at radius 1 is 1.36 bits per heavy atom. The van der Waals surface area contributed by atoms with Gasteiger partial charge in [-0.1, -0.05) is 0 Å². The van der Waals surface area contributed by atoms with Gasteiger partial charge in [0.1, 0.15) is 0 Å². The zero-order chi connectivity index (χ0) is 15.9. The minimum absolute atomic E-state index is 0.132. The van der Waals surface area contributed by atoms with Crippen molar-refractivity contribution in [2.75, 3.05) is 12.3 Å². The summed E-state index contributed by atoms with van der Waals surface area (Å²) in [6.45, 7) is 5.45. The van der Waals surface area contributed by atoms with Gasteiger partial charge in [0, 0.05) is 20.2 Å². The number of aryl methyl sites for hydroxylation is 2. The molecule has 1 aromatic carbocycles. The molecule has 2 heterocycles. The van der Waals surface area contributed by atoms with E-state index in [9.17, 15) is 4.79 Å². The number of nitrogen functional groups attached to an aromatic ring is 1. The molecule has 0 saturated heterocycles. The van der Waals surface area contributed by atoms with Crippen molar-refractivity contribution in [2.45, 2.75) is 32.9 Å². The molecule has 3 rings (SSSR count). The fourth-order valence-corrected chi connectivity index (χ4v) is 2.64. The summed E-state index contributed by atoms with van der Waals surface area (Å²) in [6, 6.07) is 3.82. The highest BCUT2D eigenvalue weighted by Crippen LogP contribution is 2.23. The first-order valence-corrected chi connectivity index (χ1v) is 7.43. The van der Waals surface area contributed by atoms with Crippen molar-refractivity contribution in [1.82, 2.24) is 19.1 Å². The number of aromatic nitrogens is 4. The fourth-order valence-electron chi connectivity index (χ4n) is 2.64.